The molecule has 0 saturated heterocycles. The van der Waals surface area contributed by atoms with E-state index in [0.29, 0.717) is 26.2 Å². The number of aromatic nitrogens is 3. The van der Waals surface area contributed by atoms with E-state index in [1.807, 2.05) is 31.2 Å². The second-order valence-corrected chi connectivity index (χ2v) is 6.12. The highest BCUT2D eigenvalue weighted by Crippen LogP contribution is 2.29. The van der Waals surface area contributed by atoms with Crippen molar-refractivity contribution in [2.75, 3.05) is 0 Å². The van der Waals surface area contributed by atoms with Crippen molar-refractivity contribution in [2.24, 2.45) is 5.10 Å². The number of halogens is 2. The Morgan fingerprint density at radius 2 is 2.00 bits per heavy atom. The van der Waals surface area contributed by atoms with Crippen LogP contribution < -0.4 is 0 Å². The molecule has 2 aromatic carbocycles. The molecule has 0 amide bonds. The maximum absolute atomic E-state index is 6.25. The standard InChI is InChI=1S/C16H12Cl2N4S/c1-10-4-2-3-5-11(10)9-19-22-15(20-21-16(22)23)13-7-6-12(17)8-14(13)18/h2-9H,1H3,(H,21,23). The molecule has 4 nitrogen and oxygen atoms in total. The molecule has 3 aromatic rings. The fraction of sp³-hybridized carbons (Fsp3) is 0.0625. The molecule has 1 heterocycles. The summed E-state index contributed by atoms with van der Waals surface area (Å²) < 4.78 is 1.92. The Kier molecular flexibility index (Phi) is 4.61. The van der Waals surface area contributed by atoms with Crippen LogP contribution in [0.1, 0.15) is 11.1 Å². The summed E-state index contributed by atoms with van der Waals surface area (Å²) in [4.78, 5) is 0. The van der Waals surface area contributed by atoms with Gasteiger partial charge in [-0.05, 0) is 48.5 Å². The van der Waals surface area contributed by atoms with Crippen molar-refractivity contribution in [3.63, 3.8) is 0 Å². The van der Waals surface area contributed by atoms with E-state index in [1.165, 1.54) is 4.68 Å². The molecule has 116 valence electrons. The summed E-state index contributed by atoms with van der Waals surface area (Å²) in [5.74, 6) is 0.529. The maximum Gasteiger partial charge on any atom is 0.216 e. The monoisotopic (exact) mass is 362 g/mol. The van der Waals surface area contributed by atoms with Crippen LogP contribution in [0.15, 0.2) is 47.6 Å². The first-order chi connectivity index (χ1) is 11.1. The Balaban J connectivity index is 2.06. The van der Waals surface area contributed by atoms with Crippen LogP contribution in [0.25, 0.3) is 11.4 Å². The summed E-state index contributed by atoms with van der Waals surface area (Å²) >= 11 is 17.4. The van der Waals surface area contributed by atoms with Gasteiger partial charge in [-0.2, -0.15) is 14.9 Å². The number of rotatable bonds is 3. The number of benzene rings is 2. The highest BCUT2D eigenvalue weighted by molar-refractivity contribution is 7.71. The van der Waals surface area contributed by atoms with Crippen molar-refractivity contribution >= 4 is 41.6 Å². The number of hydrogen-bond donors (Lipinski definition) is 1. The highest BCUT2D eigenvalue weighted by atomic mass is 35.5. The van der Waals surface area contributed by atoms with E-state index in [0.717, 1.165) is 11.1 Å². The summed E-state index contributed by atoms with van der Waals surface area (Å²) in [5, 5.41) is 12.4. The quantitative estimate of drug-likeness (QED) is 0.520. The predicted molar refractivity (Wildman–Crippen MR) is 97.0 cm³/mol. The first-order valence-electron chi connectivity index (χ1n) is 6.79. The van der Waals surface area contributed by atoms with Crippen molar-refractivity contribution < 1.29 is 0 Å². The number of aryl methyl sites for hydroxylation is 1. The second kappa shape index (κ2) is 6.66. The largest absolute Gasteiger partial charge is 0.250 e. The van der Waals surface area contributed by atoms with Crippen LogP contribution in [0.4, 0.5) is 0 Å². The second-order valence-electron chi connectivity index (χ2n) is 4.89. The average molecular weight is 363 g/mol. The van der Waals surface area contributed by atoms with Crippen LogP contribution in [0, 0.1) is 11.7 Å². The highest BCUT2D eigenvalue weighted by Gasteiger charge is 2.12. The van der Waals surface area contributed by atoms with Gasteiger partial charge in [0.2, 0.25) is 4.77 Å². The van der Waals surface area contributed by atoms with E-state index in [1.54, 1.807) is 24.4 Å². The van der Waals surface area contributed by atoms with Gasteiger partial charge in [0.1, 0.15) is 0 Å². The van der Waals surface area contributed by atoms with Crippen LogP contribution >= 0.6 is 35.4 Å². The SMILES string of the molecule is Cc1ccccc1C=Nn1c(-c2ccc(Cl)cc2Cl)n[nH]c1=S. The molecule has 1 N–H and O–H groups in total. The zero-order chi connectivity index (χ0) is 16.4. The molecule has 0 radical (unpaired) electrons. The van der Waals surface area contributed by atoms with E-state index in [4.69, 9.17) is 35.4 Å². The van der Waals surface area contributed by atoms with Gasteiger partial charge in [0, 0.05) is 10.6 Å². The van der Waals surface area contributed by atoms with E-state index in [2.05, 4.69) is 15.3 Å². The molecule has 3 rings (SSSR count). The summed E-state index contributed by atoms with van der Waals surface area (Å²) in [5.41, 5.74) is 2.83. The molecular formula is C16H12Cl2N4S. The third kappa shape index (κ3) is 3.37. The molecule has 23 heavy (non-hydrogen) atoms. The zero-order valence-corrected chi connectivity index (χ0v) is 14.5. The van der Waals surface area contributed by atoms with Crippen molar-refractivity contribution in [2.45, 2.75) is 6.92 Å². The molecule has 0 bridgehead atoms. The lowest BCUT2D eigenvalue weighted by atomic mass is 10.1. The van der Waals surface area contributed by atoms with Crippen molar-refractivity contribution in [3.8, 4) is 11.4 Å². The van der Waals surface area contributed by atoms with Gasteiger partial charge in [0.05, 0.1) is 11.2 Å². The van der Waals surface area contributed by atoms with Crippen LogP contribution in [-0.2, 0) is 0 Å². The first-order valence-corrected chi connectivity index (χ1v) is 7.95. The lowest BCUT2D eigenvalue weighted by Crippen LogP contribution is -1.96. The lowest BCUT2D eigenvalue weighted by Gasteiger charge is -2.04. The fourth-order valence-electron chi connectivity index (χ4n) is 2.10. The van der Waals surface area contributed by atoms with Gasteiger partial charge in [-0.3, -0.25) is 0 Å². The third-order valence-electron chi connectivity index (χ3n) is 3.32. The predicted octanol–water partition coefficient (Wildman–Crippen LogP) is 5.11. The molecule has 0 aliphatic rings. The van der Waals surface area contributed by atoms with Gasteiger partial charge in [-0.1, -0.05) is 47.5 Å². The Hall–Kier alpha value is -1.95. The smallest absolute Gasteiger partial charge is 0.216 e. The van der Waals surface area contributed by atoms with E-state index in [-0.39, 0.29) is 0 Å². The van der Waals surface area contributed by atoms with Crippen molar-refractivity contribution in [3.05, 3.63) is 68.4 Å². The number of hydrogen-bond acceptors (Lipinski definition) is 3. The van der Waals surface area contributed by atoms with Crippen LogP contribution in [0.3, 0.4) is 0 Å². The minimum atomic E-state index is 0.385. The van der Waals surface area contributed by atoms with Crippen molar-refractivity contribution in [1.29, 1.82) is 0 Å². The van der Waals surface area contributed by atoms with E-state index in [9.17, 15) is 0 Å². The Morgan fingerprint density at radius 1 is 1.22 bits per heavy atom. The normalized spacial score (nSPS) is 11.3. The maximum atomic E-state index is 6.25. The molecule has 0 aliphatic carbocycles. The molecule has 0 atom stereocenters. The first kappa shape index (κ1) is 15.9. The van der Waals surface area contributed by atoms with Crippen LogP contribution in [0.2, 0.25) is 10.0 Å². The number of nitrogens with zero attached hydrogens (tertiary/aromatic N) is 3. The summed E-state index contributed by atoms with van der Waals surface area (Å²) in [6.45, 7) is 2.02. The third-order valence-corrected chi connectivity index (χ3v) is 4.14. The summed E-state index contributed by atoms with van der Waals surface area (Å²) in [7, 11) is 0. The molecule has 0 fully saturated rings. The van der Waals surface area contributed by atoms with E-state index >= 15 is 0 Å². The van der Waals surface area contributed by atoms with Gasteiger partial charge in [0.25, 0.3) is 0 Å². The van der Waals surface area contributed by atoms with Gasteiger partial charge >= 0.3 is 0 Å². The Morgan fingerprint density at radius 3 is 2.74 bits per heavy atom. The zero-order valence-electron chi connectivity index (χ0n) is 12.1. The van der Waals surface area contributed by atoms with Crippen molar-refractivity contribution in [1.82, 2.24) is 14.9 Å². The molecular weight excluding hydrogens is 351 g/mol. The van der Waals surface area contributed by atoms with Gasteiger partial charge in [-0.15, -0.1) is 0 Å². The van der Waals surface area contributed by atoms with Gasteiger partial charge in [0.15, 0.2) is 5.82 Å². The molecule has 0 aliphatic heterocycles. The number of nitrogens with one attached hydrogen (secondary N) is 1. The minimum absolute atomic E-state index is 0.385. The summed E-state index contributed by atoms with van der Waals surface area (Å²) in [6, 6.07) is 13.1. The Labute approximate surface area is 148 Å². The van der Waals surface area contributed by atoms with E-state index < -0.39 is 0 Å². The molecule has 0 unspecified atom stereocenters. The number of H-pyrrole nitrogens is 1. The number of aromatic amines is 1. The average Bonchev–Trinajstić information content (AvgIpc) is 2.87. The van der Waals surface area contributed by atoms with Gasteiger partial charge < -0.3 is 0 Å². The molecule has 7 heteroatoms. The molecule has 1 aromatic heterocycles. The minimum Gasteiger partial charge on any atom is -0.250 e. The topological polar surface area (TPSA) is 46.0 Å². The molecule has 0 spiro atoms. The molecule has 0 saturated carbocycles. The van der Waals surface area contributed by atoms with Crippen LogP contribution in [0.5, 0.6) is 0 Å². The summed E-state index contributed by atoms with van der Waals surface area (Å²) in [6.07, 6.45) is 1.74. The Bertz CT molecular complexity index is 943. The fourth-order valence-corrected chi connectivity index (χ4v) is 2.77. The van der Waals surface area contributed by atoms with Crippen LogP contribution in [-0.4, -0.2) is 21.1 Å². The lowest BCUT2D eigenvalue weighted by molar-refractivity contribution is 0.871. The van der Waals surface area contributed by atoms with Gasteiger partial charge in [-0.25, -0.2) is 5.10 Å².